The molecular weight excluding hydrogens is 186 g/mol. The lowest BCUT2D eigenvalue weighted by Crippen LogP contribution is -2.31. The van der Waals surface area contributed by atoms with E-state index in [0.29, 0.717) is 6.42 Å². The summed E-state index contributed by atoms with van der Waals surface area (Å²) < 4.78 is 0. The third-order valence-corrected chi connectivity index (χ3v) is 2.54. The third kappa shape index (κ3) is 6.32. The summed E-state index contributed by atoms with van der Waals surface area (Å²) in [5.41, 5.74) is 0. The molecule has 2 heteroatoms. The second kappa shape index (κ2) is 8.51. The minimum absolute atomic E-state index is 0.205. The van der Waals surface area contributed by atoms with Crippen LogP contribution in [0.15, 0.2) is 12.8 Å². The van der Waals surface area contributed by atoms with Crippen molar-refractivity contribution in [2.45, 2.75) is 65.3 Å². The number of carbonyl (C=O) groups excluding carboxylic acids is 1. The Morgan fingerprint density at radius 2 is 1.87 bits per heavy atom. The van der Waals surface area contributed by atoms with Crippen molar-refractivity contribution in [3.05, 3.63) is 12.8 Å². The molecule has 0 aliphatic heterocycles. The average molecular weight is 211 g/mol. The van der Waals surface area contributed by atoms with Crippen molar-refractivity contribution in [1.29, 1.82) is 0 Å². The molecule has 2 nitrogen and oxygen atoms in total. The molecule has 0 N–H and O–H groups in total. The van der Waals surface area contributed by atoms with E-state index < -0.39 is 0 Å². The largest absolute Gasteiger partial charge is 0.317 e. The molecule has 0 unspecified atom stereocenters. The molecule has 1 amide bonds. The van der Waals surface area contributed by atoms with Gasteiger partial charge >= 0.3 is 0 Å². The molecule has 0 fully saturated rings. The summed E-state index contributed by atoms with van der Waals surface area (Å²) in [6.45, 7) is 9.89. The molecule has 0 heterocycles. The van der Waals surface area contributed by atoms with Gasteiger partial charge in [0, 0.05) is 12.5 Å². The number of nitrogens with zero attached hydrogens (tertiary/aromatic N) is 1. The topological polar surface area (TPSA) is 20.3 Å². The summed E-state index contributed by atoms with van der Waals surface area (Å²) in [6.07, 6.45) is 8.26. The van der Waals surface area contributed by atoms with E-state index in [0.717, 1.165) is 6.42 Å². The van der Waals surface area contributed by atoms with Crippen molar-refractivity contribution in [3.63, 3.8) is 0 Å². The summed E-state index contributed by atoms with van der Waals surface area (Å²) >= 11 is 0. The summed E-state index contributed by atoms with van der Waals surface area (Å²) in [6, 6.07) is 0.227. The first-order valence-corrected chi connectivity index (χ1v) is 6.07. The fourth-order valence-electron chi connectivity index (χ4n) is 1.61. The lowest BCUT2D eigenvalue weighted by Gasteiger charge is -2.22. The normalized spacial score (nSPS) is 10.4. The molecule has 0 radical (unpaired) electrons. The maximum Gasteiger partial charge on any atom is 0.226 e. The average Bonchev–Trinajstić information content (AvgIpc) is 2.18. The Hall–Kier alpha value is -0.790. The van der Waals surface area contributed by atoms with Gasteiger partial charge < -0.3 is 4.90 Å². The molecule has 0 aromatic heterocycles. The number of amides is 1. The summed E-state index contributed by atoms with van der Waals surface area (Å²) in [7, 11) is 0. The van der Waals surface area contributed by atoms with Crippen LogP contribution >= 0.6 is 0 Å². The van der Waals surface area contributed by atoms with E-state index in [4.69, 9.17) is 0 Å². The quantitative estimate of drug-likeness (QED) is 0.560. The van der Waals surface area contributed by atoms with Crippen molar-refractivity contribution >= 4 is 5.91 Å². The highest BCUT2D eigenvalue weighted by Crippen LogP contribution is 2.08. The molecule has 0 aliphatic carbocycles. The fourth-order valence-corrected chi connectivity index (χ4v) is 1.61. The number of rotatable bonds is 8. The molecular formula is C13H25NO. The molecule has 88 valence electrons. The molecule has 0 saturated heterocycles. The van der Waals surface area contributed by atoms with E-state index in [9.17, 15) is 4.79 Å². The van der Waals surface area contributed by atoms with Crippen molar-refractivity contribution in [2.75, 3.05) is 0 Å². The van der Waals surface area contributed by atoms with Crippen molar-refractivity contribution in [2.24, 2.45) is 0 Å². The van der Waals surface area contributed by atoms with Crippen LogP contribution in [0.3, 0.4) is 0 Å². The Morgan fingerprint density at radius 1 is 1.27 bits per heavy atom. The van der Waals surface area contributed by atoms with Crippen LogP contribution in [-0.2, 0) is 4.79 Å². The minimum atomic E-state index is 0.205. The number of hydrogen-bond acceptors (Lipinski definition) is 1. The van der Waals surface area contributed by atoms with Crippen LogP contribution in [0.5, 0.6) is 0 Å². The highest BCUT2D eigenvalue weighted by Gasteiger charge is 2.12. The van der Waals surface area contributed by atoms with Crippen LogP contribution < -0.4 is 0 Å². The molecule has 15 heavy (non-hydrogen) atoms. The Balaban J connectivity index is 3.67. The summed E-state index contributed by atoms with van der Waals surface area (Å²) in [5, 5.41) is 0. The van der Waals surface area contributed by atoms with Crippen LogP contribution in [0.1, 0.15) is 59.3 Å². The minimum Gasteiger partial charge on any atom is -0.317 e. The van der Waals surface area contributed by atoms with Crippen LogP contribution in [0, 0.1) is 0 Å². The van der Waals surface area contributed by atoms with Gasteiger partial charge in [-0.25, -0.2) is 0 Å². The standard InChI is InChI=1S/C13H25NO/c1-5-7-8-9-10-11-13(15)14(6-2)12(3)4/h6,12H,2,5,7-11H2,1,3-4H3. The first-order valence-electron chi connectivity index (χ1n) is 6.07. The first-order chi connectivity index (χ1) is 7.13. The molecule has 0 atom stereocenters. The van der Waals surface area contributed by atoms with Crippen molar-refractivity contribution in [1.82, 2.24) is 4.90 Å². The Labute approximate surface area is 94.4 Å². The monoisotopic (exact) mass is 211 g/mol. The van der Waals surface area contributed by atoms with Crippen molar-refractivity contribution < 1.29 is 4.79 Å². The number of hydrogen-bond donors (Lipinski definition) is 0. The van der Waals surface area contributed by atoms with E-state index in [2.05, 4.69) is 13.5 Å². The van der Waals surface area contributed by atoms with E-state index in [-0.39, 0.29) is 11.9 Å². The molecule has 0 spiro atoms. The summed E-state index contributed by atoms with van der Waals surface area (Å²) in [5.74, 6) is 0.205. The zero-order chi connectivity index (χ0) is 11.7. The lowest BCUT2D eigenvalue weighted by atomic mass is 10.1. The molecule has 0 rings (SSSR count). The van der Waals surface area contributed by atoms with Crippen LogP contribution in [0.25, 0.3) is 0 Å². The smallest absolute Gasteiger partial charge is 0.226 e. The van der Waals surface area contributed by atoms with Gasteiger partial charge in [-0.2, -0.15) is 0 Å². The van der Waals surface area contributed by atoms with Gasteiger partial charge in [-0.3, -0.25) is 4.79 Å². The molecule has 0 aromatic rings. The predicted octanol–water partition coefficient (Wildman–Crippen LogP) is 3.73. The van der Waals surface area contributed by atoms with Gasteiger partial charge in [-0.05, 0) is 26.5 Å². The maximum absolute atomic E-state index is 11.7. The van der Waals surface area contributed by atoms with Crippen molar-refractivity contribution in [3.8, 4) is 0 Å². The van der Waals surface area contributed by atoms with E-state index in [1.807, 2.05) is 13.8 Å². The van der Waals surface area contributed by atoms with Gasteiger partial charge in [0.25, 0.3) is 0 Å². The van der Waals surface area contributed by atoms with Crippen LogP contribution in [0.2, 0.25) is 0 Å². The highest BCUT2D eigenvalue weighted by atomic mass is 16.2. The number of carbonyl (C=O) groups is 1. The van der Waals surface area contributed by atoms with E-state index in [1.54, 1.807) is 11.1 Å². The van der Waals surface area contributed by atoms with Crippen LogP contribution in [0.4, 0.5) is 0 Å². The Kier molecular flexibility index (Phi) is 8.06. The maximum atomic E-state index is 11.7. The zero-order valence-corrected chi connectivity index (χ0v) is 10.5. The summed E-state index contributed by atoms with van der Waals surface area (Å²) in [4.78, 5) is 13.4. The Morgan fingerprint density at radius 3 is 2.33 bits per heavy atom. The van der Waals surface area contributed by atoms with Gasteiger partial charge in [0.2, 0.25) is 5.91 Å². The van der Waals surface area contributed by atoms with E-state index >= 15 is 0 Å². The highest BCUT2D eigenvalue weighted by molar-refractivity contribution is 5.77. The van der Waals surface area contributed by atoms with Gasteiger partial charge in [0.15, 0.2) is 0 Å². The predicted molar refractivity (Wildman–Crippen MR) is 65.6 cm³/mol. The van der Waals surface area contributed by atoms with Gasteiger partial charge in [-0.1, -0.05) is 39.2 Å². The molecule has 0 aromatic carbocycles. The fraction of sp³-hybridized carbons (Fsp3) is 0.769. The third-order valence-electron chi connectivity index (χ3n) is 2.54. The zero-order valence-electron chi connectivity index (χ0n) is 10.5. The second-order valence-electron chi connectivity index (χ2n) is 4.24. The molecule has 0 bridgehead atoms. The SMILES string of the molecule is C=CN(C(=O)CCCCCCC)C(C)C. The van der Waals surface area contributed by atoms with Gasteiger partial charge in [-0.15, -0.1) is 0 Å². The number of unbranched alkanes of at least 4 members (excludes halogenated alkanes) is 4. The van der Waals surface area contributed by atoms with Gasteiger partial charge in [0.1, 0.15) is 0 Å². The lowest BCUT2D eigenvalue weighted by molar-refractivity contribution is -0.130. The second-order valence-corrected chi connectivity index (χ2v) is 4.24. The Bertz CT molecular complexity index is 187. The first kappa shape index (κ1) is 14.2. The molecule has 0 aliphatic rings. The van der Waals surface area contributed by atoms with Gasteiger partial charge in [0.05, 0.1) is 0 Å². The van der Waals surface area contributed by atoms with E-state index in [1.165, 1.54) is 25.7 Å². The molecule has 0 saturated carbocycles. The van der Waals surface area contributed by atoms with Crippen LogP contribution in [-0.4, -0.2) is 16.8 Å².